The number of H-pyrrole nitrogens is 1. The van der Waals surface area contributed by atoms with Crippen molar-refractivity contribution in [1.82, 2.24) is 9.97 Å². The second-order valence-corrected chi connectivity index (χ2v) is 2.50. The molecule has 0 bridgehead atoms. The van der Waals surface area contributed by atoms with Gasteiger partial charge in [-0.05, 0) is 12.1 Å². The van der Waals surface area contributed by atoms with E-state index < -0.39 is 0 Å². The normalized spacial score (nSPS) is 9.77. The summed E-state index contributed by atoms with van der Waals surface area (Å²) in [4.78, 5) is 21.0. The molecule has 0 unspecified atom stereocenters. The van der Waals surface area contributed by atoms with E-state index >= 15 is 0 Å². The molecule has 13 heavy (non-hydrogen) atoms. The van der Waals surface area contributed by atoms with Crippen LogP contribution in [0, 0.1) is 5.39 Å². The number of pyridine rings is 2. The summed E-state index contributed by atoms with van der Waals surface area (Å²) in [5.41, 5.74) is 0.143. The van der Waals surface area contributed by atoms with Gasteiger partial charge in [0, 0.05) is 6.20 Å². The zero-order valence-corrected chi connectivity index (χ0v) is 6.56. The van der Waals surface area contributed by atoms with Crippen LogP contribution in [-0.4, -0.2) is 9.97 Å². The zero-order valence-electron chi connectivity index (χ0n) is 6.56. The lowest BCUT2D eigenvalue weighted by Crippen LogP contribution is -2.01. The maximum Gasteiger partial charge on any atom is 0.448 e. The van der Waals surface area contributed by atoms with Gasteiger partial charge in [0.2, 0.25) is 5.39 Å². The van der Waals surface area contributed by atoms with Crippen LogP contribution in [0.25, 0.3) is 16.0 Å². The third-order valence-electron chi connectivity index (χ3n) is 1.74. The number of nitrogens with one attached hydrogen (secondary N) is 1. The van der Waals surface area contributed by atoms with Gasteiger partial charge in [0.1, 0.15) is 11.8 Å². The molecular formula is C8H5N4O+. The maximum atomic E-state index is 11.4. The first-order valence-electron chi connectivity index (χ1n) is 3.64. The minimum Gasteiger partial charge on any atom is -0.339 e. The van der Waals surface area contributed by atoms with Gasteiger partial charge >= 0.3 is 5.69 Å². The fourth-order valence-corrected chi connectivity index (χ4v) is 1.12. The van der Waals surface area contributed by atoms with Crippen LogP contribution >= 0.6 is 0 Å². The second kappa shape index (κ2) is 2.68. The van der Waals surface area contributed by atoms with Gasteiger partial charge in [0.25, 0.3) is 5.43 Å². The average molecular weight is 173 g/mol. The molecule has 0 amide bonds. The van der Waals surface area contributed by atoms with Gasteiger partial charge < -0.3 is 4.98 Å². The molecule has 5 nitrogen and oxygen atoms in total. The van der Waals surface area contributed by atoms with Gasteiger partial charge in [-0.1, -0.05) is 0 Å². The van der Waals surface area contributed by atoms with Crippen molar-refractivity contribution in [2.24, 2.45) is 0 Å². The molecule has 0 radical (unpaired) electrons. The summed E-state index contributed by atoms with van der Waals surface area (Å²) < 4.78 is 0. The standard InChI is InChI=1S/C8H4N4O/c9-12-6-4-11-8-5(7(6)13)2-1-3-10-8/h1-4H/p+1. The van der Waals surface area contributed by atoms with Crippen LogP contribution in [0.4, 0.5) is 5.69 Å². The lowest BCUT2D eigenvalue weighted by atomic mass is 10.2. The molecule has 0 aromatic carbocycles. The molecule has 0 aliphatic rings. The van der Waals surface area contributed by atoms with Crippen molar-refractivity contribution < 1.29 is 0 Å². The van der Waals surface area contributed by atoms with E-state index in [-0.39, 0.29) is 11.1 Å². The van der Waals surface area contributed by atoms with Crippen LogP contribution < -0.4 is 5.43 Å². The summed E-state index contributed by atoms with van der Waals surface area (Å²) in [7, 11) is 0. The van der Waals surface area contributed by atoms with Gasteiger partial charge in [-0.25, -0.2) is 4.98 Å². The smallest absolute Gasteiger partial charge is 0.339 e. The largest absolute Gasteiger partial charge is 0.448 e. The number of aromatic amines is 1. The quantitative estimate of drug-likeness (QED) is 0.612. The van der Waals surface area contributed by atoms with Crippen LogP contribution in [-0.2, 0) is 0 Å². The lowest BCUT2D eigenvalue weighted by Gasteiger charge is -1.90. The Balaban J connectivity index is 2.98. The van der Waals surface area contributed by atoms with Gasteiger partial charge in [0.05, 0.1) is 5.39 Å². The Labute approximate surface area is 72.7 Å². The summed E-state index contributed by atoms with van der Waals surface area (Å²) in [6.07, 6.45) is 2.89. The van der Waals surface area contributed by atoms with E-state index in [1.807, 2.05) is 0 Å². The number of aromatic nitrogens is 2. The highest BCUT2D eigenvalue weighted by atomic mass is 16.1. The van der Waals surface area contributed by atoms with E-state index in [9.17, 15) is 4.79 Å². The molecule has 62 valence electrons. The minimum atomic E-state index is -0.329. The Morgan fingerprint density at radius 3 is 3.15 bits per heavy atom. The highest BCUT2D eigenvalue weighted by molar-refractivity contribution is 5.77. The number of hydrogen-bond acceptors (Lipinski definition) is 3. The lowest BCUT2D eigenvalue weighted by molar-refractivity contribution is 1.28. The van der Waals surface area contributed by atoms with Gasteiger partial charge in [-0.2, -0.15) is 0 Å². The molecule has 2 aromatic heterocycles. The molecule has 0 spiro atoms. The third kappa shape index (κ3) is 1.05. The average Bonchev–Trinajstić information content (AvgIpc) is 2.19. The van der Waals surface area contributed by atoms with E-state index in [4.69, 9.17) is 5.39 Å². The molecule has 0 saturated heterocycles. The Hall–Kier alpha value is -2.22. The first-order chi connectivity index (χ1) is 6.33. The van der Waals surface area contributed by atoms with Crippen LogP contribution in [0.5, 0.6) is 0 Å². The van der Waals surface area contributed by atoms with Crippen LogP contribution in [0.2, 0.25) is 0 Å². The summed E-state index contributed by atoms with van der Waals surface area (Å²) in [5, 5.41) is 8.88. The van der Waals surface area contributed by atoms with Gasteiger partial charge in [-0.15, -0.1) is 0 Å². The first kappa shape index (κ1) is 7.43. The maximum absolute atomic E-state index is 11.4. The third-order valence-corrected chi connectivity index (χ3v) is 1.74. The highest BCUT2D eigenvalue weighted by Gasteiger charge is 2.13. The summed E-state index contributed by atoms with van der Waals surface area (Å²) in [5.74, 6) is 0. The van der Waals surface area contributed by atoms with Crippen molar-refractivity contribution >= 4 is 16.7 Å². The van der Waals surface area contributed by atoms with E-state index in [1.54, 1.807) is 18.3 Å². The minimum absolute atomic E-state index is 0.0134. The topological polar surface area (TPSA) is 73.9 Å². The molecule has 2 aromatic rings. The van der Waals surface area contributed by atoms with Crippen molar-refractivity contribution in [2.45, 2.75) is 0 Å². The Morgan fingerprint density at radius 2 is 2.38 bits per heavy atom. The summed E-state index contributed by atoms with van der Waals surface area (Å²) in [6.45, 7) is 0. The van der Waals surface area contributed by atoms with Gasteiger partial charge in [0.15, 0.2) is 4.98 Å². The fraction of sp³-hybridized carbons (Fsp3) is 0. The second-order valence-electron chi connectivity index (χ2n) is 2.50. The molecule has 0 atom stereocenters. The molecule has 0 aliphatic carbocycles. The van der Waals surface area contributed by atoms with E-state index in [2.05, 4.69) is 14.9 Å². The molecule has 0 saturated carbocycles. The molecule has 1 N–H and O–H groups in total. The molecule has 2 heterocycles. The molecule has 2 rings (SSSR count). The van der Waals surface area contributed by atoms with E-state index in [1.165, 1.54) is 6.20 Å². The SMILES string of the molecule is N#[N+]c1c[nH]c2ncccc2c1=O. The zero-order chi connectivity index (χ0) is 9.26. The van der Waals surface area contributed by atoms with E-state index in [0.717, 1.165) is 0 Å². The van der Waals surface area contributed by atoms with Crippen LogP contribution in [0.15, 0.2) is 29.3 Å². The first-order valence-corrected chi connectivity index (χ1v) is 3.64. The Kier molecular flexibility index (Phi) is 1.53. The molecule has 0 aliphatic heterocycles. The monoisotopic (exact) mass is 173 g/mol. The van der Waals surface area contributed by atoms with Crippen molar-refractivity contribution in [1.29, 1.82) is 5.39 Å². The van der Waals surface area contributed by atoms with Crippen molar-refractivity contribution in [2.75, 3.05) is 0 Å². The fourth-order valence-electron chi connectivity index (χ4n) is 1.12. The molecule has 0 fully saturated rings. The van der Waals surface area contributed by atoms with Gasteiger partial charge in [-0.3, -0.25) is 4.79 Å². The molecular weight excluding hydrogens is 168 g/mol. The van der Waals surface area contributed by atoms with Crippen molar-refractivity contribution in [3.63, 3.8) is 0 Å². The van der Waals surface area contributed by atoms with Crippen LogP contribution in [0.3, 0.4) is 0 Å². The van der Waals surface area contributed by atoms with Crippen LogP contribution in [0.1, 0.15) is 0 Å². The highest BCUT2D eigenvalue weighted by Crippen LogP contribution is 2.08. The number of diazo groups is 1. The van der Waals surface area contributed by atoms with Crippen molar-refractivity contribution in [3.8, 4) is 0 Å². The predicted octanol–water partition coefficient (Wildman–Crippen LogP) is 1.41. The number of hydrogen-bond donors (Lipinski definition) is 1. The number of nitrogens with zero attached hydrogens (tertiary/aromatic N) is 3. The Bertz CT molecular complexity index is 552. The Morgan fingerprint density at radius 1 is 1.54 bits per heavy atom. The summed E-state index contributed by atoms with van der Waals surface area (Å²) >= 11 is 0. The number of rotatable bonds is 0. The summed E-state index contributed by atoms with van der Waals surface area (Å²) in [6, 6.07) is 3.27. The number of fused-ring (bicyclic) bond motifs is 1. The predicted molar refractivity (Wildman–Crippen MR) is 47.1 cm³/mol. The van der Waals surface area contributed by atoms with E-state index in [0.29, 0.717) is 11.0 Å². The van der Waals surface area contributed by atoms with Crippen molar-refractivity contribution in [3.05, 3.63) is 39.7 Å². The molecule has 5 heteroatoms.